The molecule has 0 saturated carbocycles. The molecule has 0 spiro atoms. The molecule has 0 aliphatic heterocycles. The fourth-order valence-corrected chi connectivity index (χ4v) is 3.93. The maximum atomic E-state index is 5.07. The van der Waals surface area contributed by atoms with Crippen molar-refractivity contribution in [1.82, 2.24) is 5.32 Å². The van der Waals surface area contributed by atoms with Gasteiger partial charge in [0.15, 0.2) is 0 Å². The number of hydrogen-bond donors (Lipinski definition) is 1. The van der Waals surface area contributed by atoms with Crippen molar-refractivity contribution in [3.63, 3.8) is 0 Å². The molecule has 166 valence electrons. The lowest BCUT2D eigenvalue weighted by Gasteiger charge is -2.00. The van der Waals surface area contributed by atoms with Crippen molar-refractivity contribution >= 4 is 50.3 Å². The molecule has 0 atom stereocenters. The van der Waals surface area contributed by atoms with Crippen LogP contribution in [0, 0.1) is 0 Å². The molecule has 3 nitrogen and oxygen atoms in total. The van der Waals surface area contributed by atoms with E-state index in [0.717, 1.165) is 34.9 Å². The van der Waals surface area contributed by atoms with Crippen LogP contribution in [0.4, 0.5) is 0 Å². The van der Waals surface area contributed by atoms with E-state index < -0.39 is 0 Å². The second kappa shape index (κ2) is 28.8. The van der Waals surface area contributed by atoms with Gasteiger partial charge in [-0.1, -0.05) is 108 Å². The van der Waals surface area contributed by atoms with Gasteiger partial charge in [-0.25, -0.2) is 0 Å². The molecule has 0 aliphatic carbocycles. The third-order valence-electron chi connectivity index (χ3n) is 3.24. The molecule has 2 radical (unpaired) electrons. The maximum Gasteiger partial charge on any atom is 0.423 e. The number of rotatable bonds is 10. The molecular formula is C24H42Al2NO2P. The molecule has 2 aromatic carbocycles. The molecule has 0 bridgehead atoms. The molecule has 0 unspecified atom stereocenters. The molecule has 0 amide bonds. The van der Waals surface area contributed by atoms with Crippen molar-refractivity contribution in [3.05, 3.63) is 60.7 Å². The van der Waals surface area contributed by atoms with Crippen molar-refractivity contribution in [3.8, 4) is 0 Å². The van der Waals surface area contributed by atoms with E-state index in [1.165, 1.54) is 21.2 Å². The van der Waals surface area contributed by atoms with Gasteiger partial charge in [0.05, 0.1) is 0 Å². The molecule has 0 heterocycles. The Morgan fingerprint density at radius 3 is 1.20 bits per heavy atom. The summed E-state index contributed by atoms with van der Waals surface area (Å²) in [5.41, 5.74) is 0. The SMILES string of the molecule is CCNCC.CC[O][Al][CH2]C.CC[O][Al][CH2]C.c1ccc(Pc2ccccc2)cc1. The minimum Gasteiger partial charge on any atom is -0.507 e. The van der Waals surface area contributed by atoms with Crippen LogP contribution in [-0.2, 0) is 7.58 Å². The van der Waals surface area contributed by atoms with Crippen molar-refractivity contribution in [2.45, 2.75) is 52.1 Å². The Balaban J connectivity index is 0. The maximum absolute atomic E-state index is 5.07. The van der Waals surface area contributed by atoms with Gasteiger partial charge in [-0.3, -0.25) is 0 Å². The number of benzene rings is 2. The Morgan fingerprint density at radius 1 is 0.633 bits per heavy atom. The van der Waals surface area contributed by atoms with Gasteiger partial charge in [0, 0.05) is 13.2 Å². The average molecular weight is 462 g/mol. The number of nitrogens with one attached hydrogen (secondary N) is 1. The summed E-state index contributed by atoms with van der Waals surface area (Å²) in [5.74, 6) is 0. The van der Waals surface area contributed by atoms with Gasteiger partial charge >= 0.3 is 31.1 Å². The Labute approximate surface area is 201 Å². The normalized spacial score (nSPS) is 9.00. The standard InChI is InChI=1S/C12H11P.C4H11N.2C2H5O.2C2H5.2Al/c1-3-7-11(8-4-1)13-12-9-5-2-6-10-12;1-3-5-4-2;2*1-2-3;2*1-2;;/h1-10,13H;5H,3-4H2,1-2H3;2*2H2,1H3;2*1H2,2H3;;/q;;2*-1;;;2*+1. The lowest BCUT2D eigenvalue weighted by Crippen LogP contribution is -2.09. The molecule has 0 saturated heterocycles. The van der Waals surface area contributed by atoms with E-state index in [2.05, 4.69) is 93.7 Å². The van der Waals surface area contributed by atoms with Crippen LogP contribution in [0.15, 0.2) is 60.7 Å². The van der Waals surface area contributed by atoms with Gasteiger partial charge in [0.1, 0.15) is 0 Å². The Morgan fingerprint density at radius 2 is 1.00 bits per heavy atom. The smallest absolute Gasteiger partial charge is 0.423 e. The second-order valence-electron chi connectivity index (χ2n) is 5.87. The van der Waals surface area contributed by atoms with E-state index in [1.54, 1.807) is 0 Å². The lowest BCUT2D eigenvalue weighted by molar-refractivity contribution is 0.360. The third kappa shape index (κ3) is 25.9. The molecule has 1 N–H and O–H groups in total. The third-order valence-corrected chi connectivity index (χ3v) is 6.29. The van der Waals surface area contributed by atoms with Gasteiger partial charge in [0.25, 0.3) is 0 Å². The van der Waals surface area contributed by atoms with Crippen molar-refractivity contribution in [2.24, 2.45) is 0 Å². The predicted molar refractivity (Wildman–Crippen MR) is 140 cm³/mol. The van der Waals surface area contributed by atoms with Crippen LogP contribution in [0.25, 0.3) is 0 Å². The fourth-order valence-electron chi connectivity index (χ4n) is 1.93. The second-order valence-corrected chi connectivity index (χ2v) is 10.2. The quantitative estimate of drug-likeness (QED) is 0.304. The Kier molecular flexibility index (Phi) is 30.7. The van der Waals surface area contributed by atoms with E-state index in [-0.39, 0.29) is 0 Å². The molecule has 2 aromatic rings. The first-order valence-electron chi connectivity index (χ1n) is 11.1. The van der Waals surface area contributed by atoms with Crippen LogP contribution in [0.1, 0.15) is 41.5 Å². The van der Waals surface area contributed by atoms with Gasteiger partial charge in [-0.05, 0) is 37.5 Å². The molecular weight excluding hydrogens is 419 g/mol. The van der Waals surface area contributed by atoms with Gasteiger partial charge in [-0.2, -0.15) is 0 Å². The van der Waals surface area contributed by atoms with Crippen molar-refractivity contribution in [1.29, 1.82) is 0 Å². The number of hydrogen-bond acceptors (Lipinski definition) is 3. The van der Waals surface area contributed by atoms with E-state index in [9.17, 15) is 0 Å². The summed E-state index contributed by atoms with van der Waals surface area (Å²) in [6, 6.07) is 21.2. The largest absolute Gasteiger partial charge is 0.507 e. The minimum atomic E-state index is 0.318. The highest BCUT2D eigenvalue weighted by Crippen LogP contribution is 2.08. The first-order chi connectivity index (χ1) is 14.7. The summed E-state index contributed by atoms with van der Waals surface area (Å²) in [7, 11) is 0.777. The average Bonchev–Trinajstić information content (AvgIpc) is 2.79. The van der Waals surface area contributed by atoms with Gasteiger partial charge in [-0.15, -0.1) is 0 Å². The van der Waals surface area contributed by atoms with E-state index in [4.69, 9.17) is 7.58 Å². The summed E-state index contributed by atoms with van der Waals surface area (Å²) in [5, 5.41) is 8.34. The molecule has 30 heavy (non-hydrogen) atoms. The molecule has 0 fully saturated rings. The Bertz CT molecular complexity index is 478. The van der Waals surface area contributed by atoms with Crippen molar-refractivity contribution in [2.75, 3.05) is 26.3 Å². The van der Waals surface area contributed by atoms with E-state index in [1.807, 2.05) is 13.8 Å². The van der Waals surface area contributed by atoms with Crippen LogP contribution in [0.5, 0.6) is 0 Å². The highest BCUT2D eigenvalue weighted by Gasteiger charge is 1.92. The van der Waals surface area contributed by atoms with Gasteiger partial charge < -0.3 is 12.9 Å². The van der Waals surface area contributed by atoms with Gasteiger partial charge in [0.2, 0.25) is 0 Å². The van der Waals surface area contributed by atoms with E-state index in [0.29, 0.717) is 31.1 Å². The Hall–Kier alpha value is -0.185. The summed E-state index contributed by atoms with van der Waals surface area (Å²) in [6.07, 6.45) is 0. The van der Waals surface area contributed by atoms with Crippen LogP contribution in [0.2, 0.25) is 10.6 Å². The monoisotopic (exact) mass is 461 g/mol. The van der Waals surface area contributed by atoms with Crippen molar-refractivity contribution < 1.29 is 7.58 Å². The molecule has 2 rings (SSSR count). The zero-order valence-electron chi connectivity index (χ0n) is 20.0. The molecule has 0 aromatic heterocycles. The zero-order valence-corrected chi connectivity index (χ0v) is 23.3. The zero-order chi connectivity index (χ0) is 22.7. The summed E-state index contributed by atoms with van der Waals surface area (Å²) in [6.45, 7) is 16.5. The molecule has 6 heteroatoms. The van der Waals surface area contributed by atoms with E-state index >= 15 is 0 Å². The minimum absolute atomic E-state index is 0.318. The summed E-state index contributed by atoms with van der Waals surface area (Å²) >= 11 is 0.637. The fraction of sp³-hybridized carbons (Fsp3) is 0.500. The highest BCUT2D eigenvalue weighted by atomic mass is 31.1. The van der Waals surface area contributed by atoms with Crippen LogP contribution < -0.4 is 15.9 Å². The van der Waals surface area contributed by atoms with Crippen LogP contribution >= 0.6 is 8.58 Å². The first kappa shape index (κ1) is 32.0. The van der Waals surface area contributed by atoms with Crippen LogP contribution in [0.3, 0.4) is 0 Å². The lowest BCUT2D eigenvalue weighted by atomic mass is 10.4. The summed E-state index contributed by atoms with van der Waals surface area (Å²) in [4.78, 5) is 0. The predicted octanol–water partition coefficient (Wildman–Crippen LogP) is 5.09. The highest BCUT2D eigenvalue weighted by molar-refractivity contribution is 7.55. The van der Waals surface area contributed by atoms with Crippen LogP contribution in [-0.4, -0.2) is 57.4 Å². The topological polar surface area (TPSA) is 30.5 Å². The first-order valence-corrected chi connectivity index (χ1v) is 14.7. The molecule has 0 aliphatic rings. The summed E-state index contributed by atoms with van der Waals surface area (Å²) < 4.78 is 10.1.